The van der Waals surface area contributed by atoms with Gasteiger partial charge in [-0.1, -0.05) is 12.8 Å². The van der Waals surface area contributed by atoms with Gasteiger partial charge in [-0.3, -0.25) is 9.59 Å². The van der Waals surface area contributed by atoms with Gasteiger partial charge < -0.3 is 10.4 Å². The Morgan fingerprint density at radius 1 is 1.62 bits per heavy atom. The zero-order valence-electron chi connectivity index (χ0n) is 7.75. The molecule has 0 radical (unpaired) electrons. The number of carboxylic acid groups (broad SMARTS) is 1. The number of amides is 1. The Hall–Kier alpha value is -1.06. The number of carbonyl (C=O) groups is 2. The zero-order valence-corrected chi connectivity index (χ0v) is 7.75. The van der Waals surface area contributed by atoms with E-state index < -0.39 is 11.4 Å². The Balaban J connectivity index is 2.76. The molecular formula is C9H15NO3. The fraction of sp³-hybridized carbons (Fsp3) is 0.778. The largest absolute Gasteiger partial charge is 0.481 e. The summed E-state index contributed by atoms with van der Waals surface area (Å²) in [6.45, 7) is 1.70. The first kappa shape index (κ1) is 10.0. The molecule has 13 heavy (non-hydrogen) atoms. The van der Waals surface area contributed by atoms with Crippen LogP contribution in [0.15, 0.2) is 0 Å². The van der Waals surface area contributed by atoms with E-state index in [0.717, 1.165) is 19.3 Å². The Bertz CT molecular complexity index is 217. The van der Waals surface area contributed by atoms with Crippen LogP contribution in [0.3, 0.4) is 0 Å². The molecule has 0 bridgehead atoms. The molecule has 4 heteroatoms. The lowest BCUT2D eigenvalue weighted by atomic mass is 9.72. The Morgan fingerprint density at radius 2 is 2.31 bits per heavy atom. The van der Waals surface area contributed by atoms with E-state index in [9.17, 15) is 9.59 Å². The average Bonchev–Trinajstić information content (AvgIpc) is 2.09. The van der Waals surface area contributed by atoms with Crippen LogP contribution in [-0.4, -0.2) is 23.5 Å². The molecule has 1 aliphatic rings. The summed E-state index contributed by atoms with van der Waals surface area (Å²) in [5.74, 6) is -0.813. The molecule has 2 unspecified atom stereocenters. The van der Waals surface area contributed by atoms with Crippen molar-refractivity contribution >= 4 is 12.4 Å². The quantitative estimate of drug-likeness (QED) is 0.638. The van der Waals surface area contributed by atoms with Crippen LogP contribution in [0.2, 0.25) is 0 Å². The van der Waals surface area contributed by atoms with E-state index in [-0.39, 0.29) is 6.04 Å². The normalized spacial score (nSPS) is 33.8. The topological polar surface area (TPSA) is 66.4 Å². The molecule has 0 aromatic heterocycles. The third kappa shape index (κ3) is 1.82. The van der Waals surface area contributed by atoms with E-state index >= 15 is 0 Å². The van der Waals surface area contributed by atoms with Crippen LogP contribution in [0, 0.1) is 5.41 Å². The first-order valence-electron chi connectivity index (χ1n) is 4.54. The number of hydrogen-bond donors (Lipinski definition) is 2. The van der Waals surface area contributed by atoms with E-state index in [1.54, 1.807) is 6.92 Å². The predicted octanol–water partition coefficient (Wildman–Crippen LogP) is 0.766. The van der Waals surface area contributed by atoms with Crippen LogP contribution >= 0.6 is 0 Å². The number of rotatable bonds is 3. The molecule has 0 saturated heterocycles. The van der Waals surface area contributed by atoms with E-state index in [0.29, 0.717) is 12.8 Å². The van der Waals surface area contributed by atoms with Gasteiger partial charge in [0.15, 0.2) is 0 Å². The standard InChI is InChI=1S/C9H15NO3/c1-9(8(12)13)5-3-2-4-7(9)10-6-11/h6-7H,2-5H2,1H3,(H,10,11)(H,12,13). The van der Waals surface area contributed by atoms with Crippen molar-refractivity contribution in [2.24, 2.45) is 5.41 Å². The third-order valence-corrected chi connectivity index (χ3v) is 2.97. The van der Waals surface area contributed by atoms with Gasteiger partial charge in [-0.2, -0.15) is 0 Å². The molecule has 1 saturated carbocycles. The van der Waals surface area contributed by atoms with Crippen LogP contribution in [-0.2, 0) is 9.59 Å². The van der Waals surface area contributed by atoms with Crippen LogP contribution in [0.25, 0.3) is 0 Å². The summed E-state index contributed by atoms with van der Waals surface area (Å²) >= 11 is 0. The molecule has 1 amide bonds. The average molecular weight is 185 g/mol. The smallest absolute Gasteiger partial charge is 0.311 e. The maximum atomic E-state index is 11.0. The van der Waals surface area contributed by atoms with Crippen LogP contribution in [0.4, 0.5) is 0 Å². The Morgan fingerprint density at radius 3 is 2.85 bits per heavy atom. The van der Waals surface area contributed by atoms with Crippen molar-refractivity contribution < 1.29 is 14.7 Å². The minimum Gasteiger partial charge on any atom is -0.481 e. The van der Waals surface area contributed by atoms with Crippen LogP contribution in [0.5, 0.6) is 0 Å². The third-order valence-electron chi connectivity index (χ3n) is 2.97. The second-order valence-corrected chi connectivity index (χ2v) is 3.81. The summed E-state index contributed by atoms with van der Waals surface area (Å²) in [5, 5.41) is 11.6. The number of nitrogens with one attached hydrogen (secondary N) is 1. The molecule has 2 N–H and O–H groups in total. The van der Waals surface area contributed by atoms with E-state index in [4.69, 9.17) is 5.11 Å². The van der Waals surface area contributed by atoms with Crippen molar-refractivity contribution in [1.29, 1.82) is 0 Å². The molecule has 0 spiro atoms. The maximum absolute atomic E-state index is 11.0. The minimum atomic E-state index is -0.813. The number of hydrogen-bond acceptors (Lipinski definition) is 2. The molecule has 1 aliphatic carbocycles. The van der Waals surface area contributed by atoms with E-state index in [1.807, 2.05) is 0 Å². The summed E-state index contributed by atoms with van der Waals surface area (Å²) in [6.07, 6.45) is 3.93. The van der Waals surface area contributed by atoms with Gasteiger partial charge in [0.05, 0.1) is 5.41 Å². The summed E-state index contributed by atoms with van der Waals surface area (Å²) < 4.78 is 0. The SMILES string of the molecule is CC1(C(=O)O)CCCCC1NC=O. The monoisotopic (exact) mass is 185 g/mol. The fourth-order valence-electron chi connectivity index (χ4n) is 1.94. The first-order valence-corrected chi connectivity index (χ1v) is 4.54. The van der Waals surface area contributed by atoms with Crippen molar-refractivity contribution in [2.75, 3.05) is 0 Å². The first-order chi connectivity index (χ1) is 6.11. The molecule has 74 valence electrons. The Labute approximate surface area is 77.3 Å². The maximum Gasteiger partial charge on any atom is 0.311 e. The second-order valence-electron chi connectivity index (χ2n) is 3.81. The van der Waals surface area contributed by atoms with Gasteiger partial charge >= 0.3 is 5.97 Å². The van der Waals surface area contributed by atoms with Gasteiger partial charge in [0, 0.05) is 6.04 Å². The highest BCUT2D eigenvalue weighted by Gasteiger charge is 2.42. The fourth-order valence-corrected chi connectivity index (χ4v) is 1.94. The highest BCUT2D eigenvalue weighted by atomic mass is 16.4. The highest BCUT2D eigenvalue weighted by molar-refractivity contribution is 5.75. The molecule has 0 aliphatic heterocycles. The minimum absolute atomic E-state index is 0.212. The van der Waals surface area contributed by atoms with Gasteiger partial charge in [-0.15, -0.1) is 0 Å². The van der Waals surface area contributed by atoms with Gasteiger partial charge in [0.1, 0.15) is 0 Å². The van der Waals surface area contributed by atoms with Crippen molar-refractivity contribution in [3.63, 3.8) is 0 Å². The van der Waals surface area contributed by atoms with Gasteiger partial charge in [-0.05, 0) is 19.8 Å². The molecule has 0 heterocycles. The molecule has 1 rings (SSSR count). The number of carboxylic acids is 1. The van der Waals surface area contributed by atoms with Crippen LogP contribution < -0.4 is 5.32 Å². The number of carbonyl (C=O) groups excluding carboxylic acids is 1. The Kier molecular flexibility index (Phi) is 2.90. The summed E-state index contributed by atoms with van der Waals surface area (Å²) in [5.41, 5.74) is -0.779. The van der Waals surface area contributed by atoms with Crippen LogP contribution in [0.1, 0.15) is 32.6 Å². The summed E-state index contributed by atoms with van der Waals surface area (Å²) in [4.78, 5) is 21.3. The summed E-state index contributed by atoms with van der Waals surface area (Å²) in [6, 6.07) is -0.212. The lowest BCUT2D eigenvalue weighted by Crippen LogP contribution is -2.49. The van der Waals surface area contributed by atoms with Gasteiger partial charge in [-0.25, -0.2) is 0 Å². The highest BCUT2D eigenvalue weighted by Crippen LogP contribution is 2.36. The van der Waals surface area contributed by atoms with Gasteiger partial charge in [0.2, 0.25) is 6.41 Å². The van der Waals surface area contributed by atoms with E-state index in [2.05, 4.69) is 5.32 Å². The van der Waals surface area contributed by atoms with E-state index in [1.165, 1.54) is 0 Å². The molecule has 0 aromatic rings. The van der Waals surface area contributed by atoms with Crippen molar-refractivity contribution in [2.45, 2.75) is 38.6 Å². The van der Waals surface area contributed by atoms with Crippen molar-refractivity contribution in [3.05, 3.63) is 0 Å². The molecule has 4 nitrogen and oxygen atoms in total. The predicted molar refractivity (Wildman–Crippen MR) is 47.2 cm³/mol. The molecule has 1 fully saturated rings. The lowest BCUT2D eigenvalue weighted by Gasteiger charge is -2.37. The van der Waals surface area contributed by atoms with Crippen molar-refractivity contribution in [3.8, 4) is 0 Å². The number of aliphatic carboxylic acids is 1. The van der Waals surface area contributed by atoms with Crippen molar-refractivity contribution in [1.82, 2.24) is 5.32 Å². The molecule has 2 atom stereocenters. The second kappa shape index (κ2) is 3.77. The zero-order chi connectivity index (χ0) is 9.90. The lowest BCUT2D eigenvalue weighted by molar-refractivity contribution is -0.151. The van der Waals surface area contributed by atoms with Gasteiger partial charge in [0.25, 0.3) is 0 Å². The molecule has 0 aromatic carbocycles. The molecular weight excluding hydrogens is 170 g/mol. The summed E-state index contributed by atoms with van der Waals surface area (Å²) in [7, 11) is 0.